The lowest BCUT2D eigenvalue weighted by Gasteiger charge is -2.22. The number of carbonyl (C=O) groups excluding carboxylic acids is 1. The van der Waals surface area contributed by atoms with Crippen LogP contribution in [0.5, 0.6) is 5.75 Å². The Balaban J connectivity index is 2.07. The Morgan fingerprint density at radius 3 is 2.86 bits per heavy atom. The summed E-state index contributed by atoms with van der Waals surface area (Å²) in [7, 11) is 0. The topological polar surface area (TPSA) is 62.1 Å². The smallest absolute Gasteiger partial charge is 0.262 e. The van der Waals surface area contributed by atoms with Gasteiger partial charge in [0.2, 0.25) is 0 Å². The van der Waals surface area contributed by atoms with Crippen LogP contribution in [-0.4, -0.2) is 18.6 Å². The van der Waals surface area contributed by atoms with E-state index in [0.717, 1.165) is 37.0 Å². The largest absolute Gasteiger partial charge is 0.494 e. The maximum absolute atomic E-state index is 12.2. The summed E-state index contributed by atoms with van der Waals surface area (Å²) in [5.41, 5.74) is 0.931. The van der Waals surface area contributed by atoms with Crippen molar-refractivity contribution in [2.45, 2.75) is 45.1 Å². The summed E-state index contributed by atoms with van der Waals surface area (Å²) < 4.78 is 5.43. The average molecular weight is 298 g/mol. The van der Waals surface area contributed by atoms with Crippen molar-refractivity contribution in [1.29, 1.82) is 5.26 Å². The molecular weight excluding hydrogens is 276 g/mol. The highest BCUT2D eigenvalue weighted by atomic mass is 16.5. The second-order valence-corrected chi connectivity index (χ2v) is 5.48. The van der Waals surface area contributed by atoms with Gasteiger partial charge in [0.25, 0.3) is 5.91 Å². The molecule has 0 radical (unpaired) electrons. The number of hydrogen-bond acceptors (Lipinski definition) is 3. The van der Waals surface area contributed by atoms with E-state index in [1.807, 2.05) is 37.3 Å². The quantitative estimate of drug-likeness (QED) is 0.669. The Morgan fingerprint density at radius 2 is 2.18 bits per heavy atom. The first-order chi connectivity index (χ1) is 10.7. The molecule has 1 aliphatic carbocycles. The van der Waals surface area contributed by atoms with Crippen molar-refractivity contribution < 1.29 is 9.53 Å². The fourth-order valence-electron chi connectivity index (χ4n) is 2.69. The first-order valence-electron chi connectivity index (χ1n) is 7.88. The van der Waals surface area contributed by atoms with E-state index in [-0.39, 0.29) is 17.5 Å². The molecular formula is C18H22N2O2. The molecule has 0 aromatic heterocycles. The van der Waals surface area contributed by atoms with Crippen LogP contribution < -0.4 is 10.1 Å². The molecule has 4 heteroatoms. The van der Waals surface area contributed by atoms with Crippen LogP contribution in [0.15, 0.2) is 29.8 Å². The van der Waals surface area contributed by atoms with Crippen LogP contribution in [-0.2, 0) is 4.79 Å². The van der Waals surface area contributed by atoms with E-state index < -0.39 is 0 Å². The van der Waals surface area contributed by atoms with E-state index in [1.54, 1.807) is 6.08 Å². The van der Waals surface area contributed by atoms with Crippen LogP contribution in [0.2, 0.25) is 0 Å². The summed E-state index contributed by atoms with van der Waals surface area (Å²) in [4.78, 5) is 12.2. The van der Waals surface area contributed by atoms with Gasteiger partial charge in [-0.3, -0.25) is 4.79 Å². The highest BCUT2D eigenvalue weighted by Gasteiger charge is 2.18. The SMILES string of the molecule is CCOc1cccc(/C=C(\C#N)C(=O)NC2CCCCC2)c1. The molecule has 0 bridgehead atoms. The van der Waals surface area contributed by atoms with E-state index in [0.29, 0.717) is 6.61 Å². The van der Waals surface area contributed by atoms with E-state index in [2.05, 4.69) is 5.32 Å². The molecule has 1 amide bonds. The Kier molecular flexibility index (Phi) is 6.02. The fraction of sp³-hybridized carbons (Fsp3) is 0.444. The number of benzene rings is 1. The van der Waals surface area contributed by atoms with Gasteiger partial charge in [0.05, 0.1) is 6.61 Å². The molecule has 4 nitrogen and oxygen atoms in total. The highest BCUT2D eigenvalue weighted by Crippen LogP contribution is 2.19. The van der Waals surface area contributed by atoms with Gasteiger partial charge in [0.1, 0.15) is 17.4 Å². The molecule has 1 saturated carbocycles. The van der Waals surface area contributed by atoms with Gasteiger partial charge in [-0.05, 0) is 43.5 Å². The average Bonchev–Trinajstić information content (AvgIpc) is 2.54. The number of ether oxygens (including phenoxy) is 1. The zero-order valence-electron chi connectivity index (χ0n) is 13.0. The first-order valence-corrected chi connectivity index (χ1v) is 7.88. The van der Waals surface area contributed by atoms with Crippen LogP contribution in [0, 0.1) is 11.3 Å². The molecule has 0 saturated heterocycles. The first kappa shape index (κ1) is 16.1. The molecule has 1 aromatic carbocycles. The van der Waals surface area contributed by atoms with Gasteiger partial charge in [-0.1, -0.05) is 31.4 Å². The fourth-order valence-corrected chi connectivity index (χ4v) is 2.69. The van der Waals surface area contributed by atoms with Gasteiger partial charge >= 0.3 is 0 Å². The monoisotopic (exact) mass is 298 g/mol. The molecule has 116 valence electrons. The van der Waals surface area contributed by atoms with E-state index in [9.17, 15) is 10.1 Å². The number of rotatable bonds is 5. The van der Waals surface area contributed by atoms with Crippen LogP contribution in [0.1, 0.15) is 44.6 Å². The Labute approximate surface area is 131 Å². The molecule has 2 rings (SSSR count). The zero-order chi connectivity index (χ0) is 15.8. The number of nitriles is 1. The Hall–Kier alpha value is -2.28. The minimum atomic E-state index is -0.281. The Bertz CT molecular complexity index is 581. The lowest BCUT2D eigenvalue weighted by molar-refractivity contribution is -0.117. The minimum absolute atomic E-state index is 0.138. The summed E-state index contributed by atoms with van der Waals surface area (Å²) in [6.07, 6.45) is 7.15. The van der Waals surface area contributed by atoms with Crippen molar-refractivity contribution in [2.75, 3.05) is 6.61 Å². The van der Waals surface area contributed by atoms with Gasteiger partial charge in [-0.2, -0.15) is 5.26 Å². The van der Waals surface area contributed by atoms with Crippen LogP contribution in [0.3, 0.4) is 0 Å². The number of carbonyl (C=O) groups is 1. The standard InChI is InChI=1S/C18H22N2O2/c1-2-22-17-10-6-7-14(12-17)11-15(13-19)18(21)20-16-8-4-3-5-9-16/h6-7,10-12,16H,2-5,8-9H2,1H3,(H,20,21)/b15-11+. The maximum Gasteiger partial charge on any atom is 0.262 e. The van der Waals surface area contributed by atoms with Gasteiger partial charge < -0.3 is 10.1 Å². The van der Waals surface area contributed by atoms with Crippen molar-refractivity contribution in [3.8, 4) is 11.8 Å². The number of hydrogen-bond donors (Lipinski definition) is 1. The molecule has 0 heterocycles. The van der Waals surface area contributed by atoms with Crippen molar-refractivity contribution in [3.63, 3.8) is 0 Å². The molecule has 0 aliphatic heterocycles. The van der Waals surface area contributed by atoms with Crippen molar-refractivity contribution in [1.82, 2.24) is 5.32 Å². The van der Waals surface area contributed by atoms with E-state index in [1.165, 1.54) is 6.42 Å². The summed E-state index contributed by atoms with van der Waals surface area (Å²) in [5.74, 6) is 0.456. The normalized spacial score (nSPS) is 15.9. The molecule has 0 unspecified atom stereocenters. The summed E-state index contributed by atoms with van der Waals surface area (Å²) >= 11 is 0. The van der Waals surface area contributed by atoms with Gasteiger partial charge in [-0.15, -0.1) is 0 Å². The number of nitrogens with one attached hydrogen (secondary N) is 1. The lowest BCUT2D eigenvalue weighted by atomic mass is 9.95. The third kappa shape index (κ3) is 4.63. The Morgan fingerprint density at radius 1 is 1.41 bits per heavy atom. The lowest BCUT2D eigenvalue weighted by Crippen LogP contribution is -2.36. The zero-order valence-corrected chi connectivity index (χ0v) is 13.0. The van der Waals surface area contributed by atoms with E-state index in [4.69, 9.17) is 4.74 Å². The van der Waals surface area contributed by atoms with Crippen molar-refractivity contribution in [3.05, 3.63) is 35.4 Å². The predicted molar refractivity (Wildman–Crippen MR) is 86.2 cm³/mol. The minimum Gasteiger partial charge on any atom is -0.494 e. The highest BCUT2D eigenvalue weighted by molar-refractivity contribution is 6.01. The van der Waals surface area contributed by atoms with Crippen LogP contribution in [0.25, 0.3) is 6.08 Å². The van der Waals surface area contributed by atoms with Gasteiger partial charge in [0, 0.05) is 6.04 Å². The van der Waals surface area contributed by atoms with Crippen molar-refractivity contribution >= 4 is 12.0 Å². The van der Waals surface area contributed by atoms with Gasteiger partial charge in [-0.25, -0.2) is 0 Å². The molecule has 22 heavy (non-hydrogen) atoms. The van der Waals surface area contributed by atoms with Crippen molar-refractivity contribution in [2.24, 2.45) is 0 Å². The van der Waals surface area contributed by atoms with Gasteiger partial charge in [0.15, 0.2) is 0 Å². The molecule has 0 atom stereocenters. The second-order valence-electron chi connectivity index (χ2n) is 5.48. The third-order valence-corrected chi connectivity index (χ3v) is 3.79. The predicted octanol–water partition coefficient (Wildman–Crippen LogP) is 3.44. The number of amides is 1. The second kappa shape index (κ2) is 8.23. The molecule has 1 aromatic rings. The summed E-state index contributed by atoms with van der Waals surface area (Å²) in [5, 5.41) is 12.2. The molecule has 1 N–H and O–H groups in total. The summed E-state index contributed by atoms with van der Waals surface area (Å²) in [6, 6.07) is 9.59. The maximum atomic E-state index is 12.2. The molecule has 1 aliphatic rings. The molecule has 1 fully saturated rings. The van der Waals surface area contributed by atoms with E-state index >= 15 is 0 Å². The summed E-state index contributed by atoms with van der Waals surface area (Å²) in [6.45, 7) is 2.50. The molecule has 0 spiro atoms. The van der Waals surface area contributed by atoms with Crippen LogP contribution >= 0.6 is 0 Å². The third-order valence-electron chi connectivity index (χ3n) is 3.79. The van der Waals surface area contributed by atoms with Crippen LogP contribution in [0.4, 0.5) is 0 Å². The number of nitrogens with zero attached hydrogens (tertiary/aromatic N) is 1.